The third-order valence-electron chi connectivity index (χ3n) is 3.02. The molecule has 0 aliphatic heterocycles. The quantitative estimate of drug-likeness (QED) is 0.882. The summed E-state index contributed by atoms with van der Waals surface area (Å²) in [6.07, 6.45) is 1.75. The Morgan fingerprint density at radius 3 is 2.75 bits per heavy atom. The van der Waals surface area contributed by atoms with Gasteiger partial charge < -0.3 is 19.5 Å². The summed E-state index contributed by atoms with van der Waals surface area (Å²) >= 11 is 0. The predicted octanol–water partition coefficient (Wildman–Crippen LogP) is 1.51. The Hall–Kier alpha value is -2.57. The van der Waals surface area contributed by atoms with Crippen LogP contribution in [0, 0.1) is 6.92 Å². The maximum absolute atomic E-state index is 12.1. The molecule has 0 spiro atoms. The zero-order valence-corrected chi connectivity index (χ0v) is 11.4. The minimum absolute atomic E-state index is 0.00955. The van der Waals surface area contributed by atoms with Crippen LogP contribution in [0.25, 0.3) is 0 Å². The van der Waals surface area contributed by atoms with Gasteiger partial charge in [0.25, 0.3) is 5.91 Å². The van der Waals surface area contributed by atoms with Crippen LogP contribution in [-0.4, -0.2) is 26.7 Å². The molecule has 0 aromatic carbocycles. The standard InChI is InChI=1S/C13H15N3O4/c1-7-10(13(18)19)11(20-15-7)8(2)14-12(17)9-5-4-6-16(9)3/h4-6,8H,1-3H3,(H,14,17)(H,18,19). The summed E-state index contributed by atoms with van der Waals surface area (Å²) in [4.78, 5) is 23.2. The fourth-order valence-electron chi connectivity index (χ4n) is 1.98. The Balaban J connectivity index is 2.21. The van der Waals surface area contributed by atoms with Crippen LogP contribution >= 0.6 is 0 Å². The smallest absolute Gasteiger partial charge is 0.341 e. The first-order valence-electron chi connectivity index (χ1n) is 6.03. The summed E-state index contributed by atoms with van der Waals surface area (Å²) in [5.74, 6) is -1.30. The van der Waals surface area contributed by atoms with E-state index in [4.69, 9.17) is 9.63 Å². The lowest BCUT2D eigenvalue weighted by Gasteiger charge is -2.12. The van der Waals surface area contributed by atoms with Gasteiger partial charge in [0.2, 0.25) is 0 Å². The fourth-order valence-corrected chi connectivity index (χ4v) is 1.98. The number of aromatic carboxylic acids is 1. The van der Waals surface area contributed by atoms with E-state index in [9.17, 15) is 9.59 Å². The van der Waals surface area contributed by atoms with E-state index >= 15 is 0 Å². The molecular weight excluding hydrogens is 262 g/mol. The summed E-state index contributed by atoms with van der Waals surface area (Å²) in [5.41, 5.74) is 0.752. The monoisotopic (exact) mass is 277 g/mol. The highest BCUT2D eigenvalue weighted by Gasteiger charge is 2.25. The molecule has 0 saturated heterocycles. The van der Waals surface area contributed by atoms with E-state index in [0.717, 1.165) is 0 Å². The van der Waals surface area contributed by atoms with Crippen LogP contribution in [0.1, 0.15) is 45.3 Å². The maximum atomic E-state index is 12.1. The molecule has 1 amide bonds. The Bertz CT molecular complexity index is 656. The van der Waals surface area contributed by atoms with Gasteiger partial charge in [0.05, 0.1) is 11.7 Å². The minimum Gasteiger partial charge on any atom is -0.477 e. The van der Waals surface area contributed by atoms with E-state index in [0.29, 0.717) is 5.69 Å². The second kappa shape index (κ2) is 5.20. The van der Waals surface area contributed by atoms with Crippen LogP contribution in [-0.2, 0) is 7.05 Å². The number of carbonyl (C=O) groups is 2. The highest BCUT2D eigenvalue weighted by atomic mass is 16.5. The molecule has 7 nitrogen and oxygen atoms in total. The first-order valence-corrected chi connectivity index (χ1v) is 6.03. The average molecular weight is 277 g/mol. The highest BCUT2D eigenvalue weighted by Crippen LogP contribution is 2.21. The fraction of sp³-hybridized carbons (Fsp3) is 0.308. The number of hydrogen-bond donors (Lipinski definition) is 2. The predicted molar refractivity (Wildman–Crippen MR) is 69.5 cm³/mol. The lowest BCUT2D eigenvalue weighted by Crippen LogP contribution is -2.28. The van der Waals surface area contributed by atoms with Gasteiger partial charge in [0.1, 0.15) is 11.3 Å². The van der Waals surface area contributed by atoms with Crippen LogP contribution in [0.5, 0.6) is 0 Å². The van der Waals surface area contributed by atoms with Crippen molar-refractivity contribution in [2.45, 2.75) is 19.9 Å². The van der Waals surface area contributed by atoms with Crippen molar-refractivity contribution < 1.29 is 19.2 Å². The molecule has 20 heavy (non-hydrogen) atoms. The summed E-state index contributed by atoms with van der Waals surface area (Å²) in [5, 5.41) is 15.5. The van der Waals surface area contributed by atoms with E-state index in [1.807, 2.05) is 0 Å². The van der Waals surface area contributed by atoms with E-state index in [2.05, 4.69) is 10.5 Å². The number of carbonyl (C=O) groups excluding carboxylic acids is 1. The van der Waals surface area contributed by atoms with Crippen molar-refractivity contribution in [2.75, 3.05) is 0 Å². The lowest BCUT2D eigenvalue weighted by molar-refractivity contribution is 0.0690. The van der Waals surface area contributed by atoms with Gasteiger partial charge in [-0.2, -0.15) is 0 Å². The molecule has 2 heterocycles. The van der Waals surface area contributed by atoms with Gasteiger partial charge in [-0.3, -0.25) is 4.79 Å². The number of aryl methyl sites for hydroxylation is 2. The summed E-state index contributed by atoms with van der Waals surface area (Å²) in [7, 11) is 1.75. The van der Waals surface area contributed by atoms with Gasteiger partial charge in [0.15, 0.2) is 5.76 Å². The summed E-state index contributed by atoms with van der Waals surface area (Å²) in [6, 6.07) is 2.83. The molecule has 0 fully saturated rings. The molecule has 0 bridgehead atoms. The largest absolute Gasteiger partial charge is 0.477 e. The second-order valence-corrected chi connectivity index (χ2v) is 4.51. The average Bonchev–Trinajstić information content (AvgIpc) is 2.94. The summed E-state index contributed by atoms with van der Waals surface area (Å²) < 4.78 is 6.69. The highest BCUT2D eigenvalue weighted by molar-refractivity contribution is 5.93. The van der Waals surface area contributed by atoms with Crippen molar-refractivity contribution in [3.63, 3.8) is 0 Å². The third-order valence-corrected chi connectivity index (χ3v) is 3.02. The van der Waals surface area contributed by atoms with Gasteiger partial charge >= 0.3 is 5.97 Å². The van der Waals surface area contributed by atoms with Crippen LogP contribution in [0.2, 0.25) is 0 Å². The molecule has 0 aliphatic carbocycles. The second-order valence-electron chi connectivity index (χ2n) is 4.51. The summed E-state index contributed by atoms with van der Waals surface area (Å²) in [6.45, 7) is 3.19. The number of hydrogen-bond acceptors (Lipinski definition) is 4. The Labute approximate surface area is 115 Å². The van der Waals surface area contributed by atoms with Crippen LogP contribution in [0.3, 0.4) is 0 Å². The third kappa shape index (κ3) is 2.42. The van der Waals surface area contributed by atoms with Crippen LogP contribution in [0.15, 0.2) is 22.9 Å². The Morgan fingerprint density at radius 1 is 1.50 bits per heavy atom. The Kier molecular flexibility index (Phi) is 3.60. The van der Waals surface area contributed by atoms with E-state index < -0.39 is 12.0 Å². The minimum atomic E-state index is -1.13. The lowest BCUT2D eigenvalue weighted by atomic mass is 10.1. The van der Waals surface area contributed by atoms with E-state index in [1.165, 1.54) is 0 Å². The zero-order valence-electron chi connectivity index (χ0n) is 11.4. The molecular formula is C13H15N3O4. The molecule has 2 rings (SSSR count). The molecule has 2 aromatic rings. The van der Waals surface area contributed by atoms with Crippen molar-refractivity contribution in [1.29, 1.82) is 0 Å². The number of aromatic nitrogens is 2. The molecule has 2 N–H and O–H groups in total. The van der Waals surface area contributed by atoms with Crippen molar-refractivity contribution in [2.24, 2.45) is 7.05 Å². The molecule has 0 radical (unpaired) electrons. The number of nitrogens with one attached hydrogen (secondary N) is 1. The van der Waals surface area contributed by atoms with Gasteiger partial charge in [-0.05, 0) is 26.0 Å². The van der Waals surface area contributed by atoms with Crippen molar-refractivity contribution >= 4 is 11.9 Å². The number of nitrogens with zero attached hydrogens (tertiary/aromatic N) is 2. The number of rotatable bonds is 4. The Morgan fingerprint density at radius 2 is 2.20 bits per heavy atom. The topological polar surface area (TPSA) is 97.4 Å². The maximum Gasteiger partial charge on any atom is 0.341 e. The van der Waals surface area contributed by atoms with Crippen LogP contribution in [0.4, 0.5) is 0 Å². The van der Waals surface area contributed by atoms with Gasteiger partial charge in [-0.15, -0.1) is 0 Å². The van der Waals surface area contributed by atoms with Crippen LogP contribution < -0.4 is 5.32 Å². The molecule has 1 unspecified atom stereocenters. The molecule has 2 aromatic heterocycles. The SMILES string of the molecule is Cc1noc(C(C)NC(=O)c2cccn2C)c1C(=O)O. The first-order chi connectivity index (χ1) is 9.41. The van der Waals surface area contributed by atoms with Gasteiger partial charge in [-0.25, -0.2) is 4.79 Å². The molecule has 106 valence electrons. The first kappa shape index (κ1) is 13.9. The molecule has 0 aliphatic rings. The van der Waals surface area contributed by atoms with E-state index in [-0.39, 0.29) is 22.9 Å². The number of carboxylic acids is 1. The van der Waals surface area contributed by atoms with Crippen molar-refractivity contribution in [3.8, 4) is 0 Å². The van der Waals surface area contributed by atoms with Crippen molar-refractivity contribution in [3.05, 3.63) is 41.0 Å². The molecule has 7 heteroatoms. The molecule has 1 atom stereocenters. The zero-order chi connectivity index (χ0) is 14.9. The molecule has 0 saturated carbocycles. The number of amides is 1. The van der Waals surface area contributed by atoms with Gasteiger partial charge in [-0.1, -0.05) is 5.16 Å². The van der Waals surface area contributed by atoms with E-state index in [1.54, 1.807) is 43.8 Å². The van der Waals surface area contributed by atoms with Gasteiger partial charge in [0, 0.05) is 13.2 Å². The van der Waals surface area contributed by atoms with Crippen molar-refractivity contribution in [1.82, 2.24) is 15.0 Å². The number of carboxylic acid groups (broad SMARTS) is 1. The normalized spacial score (nSPS) is 12.2.